The normalized spacial score (nSPS) is 9.58. The molecule has 12 heavy (non-hydrogen) atoms. The molecule has 0 amide bonds. The summed E-state index contributed by atoms with van der Waals surface area (Å²) < 4.78 is 0. The number of carbonyl (C=O) groups is 1. The minimum Gasteiger partial charge on any atom is -0.480 e. The highest BCUT2D eigenvalue weighted by atomic mass is 35.5. The van der Waals surface area contributed by atoms with Gasteiger partial charge in [-0.2, -0.15) is 0 Å². The number of halogens is 1. The highest BCUT2D eigenvalue weighted by Gasteiger charge is 2.05. The number of hydrogen-bond donors (Lipinski definition) is 1. The first-order valence-electron chi connectivity index (χ1n) is 4.14. The number of nitrogens with zero attached hydrogens (tertiary/aromatic N) is 1. The molecule has 0 atom stereocenters. The van der Waals surface area contributed by atoms with Gasteiger partial charge in [0.2, 0.25) is 0 Å². The molecule has 0 aliphatic heterocycles. The van der Waals surface area contributed by atoms with Gasteiger partial charge in [-0.25, -0.2) is 0 Å². The predicted octanol–water partition coefficient (Wildman–Crippen LogP) is 1.61. The lowest BCUT2D eigenvalue weighted by Gasteiger charge is -2.17. The standard InChI is InChI=1S/C8H17NO2.ClH/c1-3-5-9(6-4-2)7-8(10)11;/h3-7H2,1-2H3,(H,10,11);1H. The molecule has 0 aliphatic carbocycles. The summed E-state index contributed by atoms with van der Waals surface area (Å²) in [6, 6.07) is 0. The van der Waals surface area contributed by atoms with E-state index in [2.05, 4.69) is 13.8 Å². The largest absolute Gasteiger partial charge is 0.480 e. The van der Waals surface area contributed by atoms with Gasteiger partial charge in [-0.15, -0.1) is 12.4 Å². The number of hydrogen-bond acceptors (Lipinski definition) is 2. The zero-order valence-electron chi connectivity index (χ0n) is 7.75. The third-order valence-electron chi connectivity index (χ3n) is 1.44. The molecule has 4 heteroatoms. The molecule has 1 N–H and O–H groups in total. The van der Waals surface area contributed by atoms with E-state index in [1.54, 1.807) is 0 Å². The minimum absolute atomic E-state index is 0. The van der Waals surface area contributed by atoms with Gasteiger partial charge in [0.25, 0.3) is 0 Å². The van der Waals surface area contributed by atoms with Crippen LogP contribution >= 0.6 is 12.4 Å². The Hall–Kier alpha value is -0.280. The topological polar surface area (TPSA) is 40.5 Å². The molecule has 0 aliphatic rings. The van der Waals surface area contributed by atoms with Gasteiger partial charge < -0.3 is 5.11 Å². The van der Waals surface area contributed by atoms with Crippen molar-refractivity contribution in [2.24, 2.45) is 0 Å². The van der Waals surface area contributed by atoms with Gasteiger partial charge in [-0.3, -0.25) is 9.69 Å². The smallest absolute Gasteiger partial charge is 0.317 e. The van der Waals surface area contributed by atoms with Crippen LogP contribution in [0.15, 0.2) is 0 Å². The minimum atomic E-state index is -0.730. The van der Waals surface area contributed by atoms with Crippen molar-refractivity contribution in [2.45, 2.75) is 26.7 Å². The molecule has 0 rings (SSSR count). The summed E-state index contributed by atoms with van der Waals surface area (Å²) in [5, 5.41) is 8.50. The summed E-state index contributed by atoms with van der Waals surface area (Å²) in [7, 11) is 0. The van der Waals surface area contributed by atoms with Crippen molar-refractivity contribution < 1.29 is 9.90 Å². The lowest BCUT2D eigenvalue weighted by Crippen LogP contribution is -2.31. The molecule has 0 aromatic carbocycles. The molecule has 0 saturated carbocycles. The Labute approximate surface area is 80.2 Å². The van der Waals surface area contributed by atoms with Crippen molar-refractivity contribution in [3.05, 3.63) is 0 Å². The Kier molecular flexibility index (Phi) is 10.5. The SMILES string of the molecule is CCCN(CCC)CC(=O)O.Cl. The van der Waals surface area contributed by atoms with Crippen LogP contribution < -0.4 is 0 Å². The van der Waals surface area contributed by atoms with Crippen molar-refractivity contribution in [3.8, 4) is 0 Å². The van der Waals surface area contributed by atoms with Crippen molar-refractivity contribution in [2.75, 3.05) is 19.6 Å². The van der Waals surface area contributed by atoms with Crippen LogP contribution in [0.3, 0.4) is 0 Å². The fourth-order valence-electron chi connectivity index (χ4n) is 1.09. The van der Waals surface area contributed by atoms with E-state index >= 15 is 0 Å². The molecule has 0 aromatic rings. The van der Waals surface area contributed by atoms with E-state index in [1.165, 1.54) is 0 Å². The van der Waals surface area contributed by atoms with E-state index in [0.717, 1.165) is 25.9 Å². The van der Waals surface area contributed by atoms with Crippen molar-refractivity contribution in [3.63, 3.8) is 0 Å². The second kappa shape index (κ2) is 8.81. The highest BCUT2D eigenvalue weighted by molar-refractivity contribution is 5.85. The summed E-state index contributed by atoms with van der Waals surface area (Å²) in [5.41, 5.74) is 0. The zero-order chi connectivity index (χ0) is 8.69. The third kappa shape index (κ3) is 7.82. The second-order valence-corrected chi connectivity index (χ2v) is 2.67. The van der Waals surface area contributed by atoms with Crippen molar-refractivity contribution in [1.82, 2.24) is 4.90 Å². The van der Waals surface area contributed by atoms with Crippen LogP contribution in [0, 0.1) is 0 Å². The molecule has 0 fully saturated rings. The molecule has 0 saturated heterocycles. The molecule has 0 heterocycles. The number of carboxylic acid groups (broad SMARTS) is 1. The van der Waals surface area contributed by atoms with Crippen LogP contribution in [0.2, 0.25) is 0 Å². The van der Waals surface area contributed by atoms with Crippen molar-refractivity contribution in [1.29, 1.82) is 0 Å². The molecule has 0 bridgehead atoms. The Morgan fingerprint density at radius 2 is 1.67 bits per heavy atom. The van der Waals surface area contributed by atoms with Crippen LogP contribution in [0.1, 0.15) is 26.7 Å². The summed E-state index contributed by atoms with van der Waals surface area (Å²) in [4.78, 5) is 12.3. The molecule has 74 valence electrons. The first-order valence-corrected chi connectivity index (χ1v) is 4.14. The van der Waals surface area contributed by atoms with Gasteiger partial charge in [0.1, 0.15) is 0 Å². The van der Waals surface area contributed by atoms with Gasteiger partial charge >= 0.3 is 5.97 Å². The van der Waals surface area contributed by atoms with Gasteiger partial charge in [0.05, 0.1) is 6.54 Å². The lowest BCUT2D eigenvalue weighted by molar-refractivity contribution is -0.138. The maximum absolute atomic E-state index is 10.3. The summed E-state index contributed by atoms with van der Waals surface area (Å²) >= 11 is 0. The lowest BCUT2D eigenvalue weighted by atomic mass is 10.3. The van der Waals surface area contributed by atoms with E-state index < -0.39 is 5.97 Å². The molecule has 0 radical (unpaired) electrons. The first-order chi connectivity index (χ1) is 5.20. The molecular formula is C8H18ClNO2. The third-order valence-corrected chi connectivity index (χ3v) is 1.44. The summed E-state index contributed by atoms with van der Waals surface area (Å²) in [6.45, 7) is 6.08. The average Bonchev–Trinajstić information content (AvgIpc) is 1.87. The quantitative estimate of drug-likeness (QED) is 0.700. The predicted molar refractivity (Wildman–Crippen MR) is 51.9 cm³/mol. The number of aliphatic carboxylic acids is 1. The Morgan fingerprint density at radius 1 is 1.25 bits per heavy atom. The molecule has 3 nitrogen and oxygen atoms in total. The molecule has 0 aromatic heterocycles. The van der Waals surface area contributed by atoms with Gasteiger partial charge in [-0.1, -0.05) is 13.8 Å². The Balaban J connectivity index is 0. The van der Waals surface area contributed by atoms with Crippen molar-refractivity contribution >= 4 is 18.4 Å². The van der Waals surface area contributed by atoms with Crippen LogP contribution in [0.5, 0.6) is 0 Å². The van der Waals surface area contributed by atoms with E-state index in [9.17, 15) is 4.79 Å². The van der Waals surface area contributed by atoms with Crippen LogP contribution in [-0.2, 0) is 4.79 Å². The fourth-order valence-corrected chi connectivity index (χ4v) is 1.09. The van der Waals surface area contributed by atoms with Crippen LogP contribution in [-0.4, -0.2) is 35.6 Å². The van der Waals surface area contributed by atoms with Gasteiger partial charge in [-0.05, 0) is 25.9 Å². The first kappa shape index (κ1) is 14.3. The summed E-state index contributed by atoms with van der Waals surface area (Å²) in [5.74, 6) is -0.730. The fraction of sp³-hybridized carbons (Fsp3) is 0.875. The Morgan fingerprint density at radius 3 is 1.92 bits per heavy atom. The molecule has 0 spiro atoms. The highest BCUT2D eigenvalue weighted by Crippen LogP contribution is 1.92. The monoisotopic (exact) mass is 195 g/mol. The van der Waals surface area contributed by atoms with Crippen LogP contribution in [0.25, 0.3) is 0 Å². The average molecular weight is 196 g/mol. The number of rotatable bonds is 6. The van der Waals surface area contributed by atoms with Gasteiger partial charge in [0, 0.05) is 0 Å². The van der Waals surface area contributed by atoms with E-state index in [1.807, 2.05) is 4.90 Å². The summed E-state index contributed by atoms with van der Waals surface area (Å²) in [6.07, 6.45) is 2.04. The maximum atomic E-state index is 10.3. The molecular weight excluding hydrogens is 178 g/mol. The maximum Gasteiger partial charge on any atom is 0.317 e. The van der Waals surface area contributed by atoms with E-state index in [0.29, 0.717) is 0 Å². The Bertz CT molecular complexity index is 114. The molecule has 0 unspecified atom stereocenters. The van der Waals surface area contributed by atoms with Crippen LogP contribution in [0.4, 0.5) is 0 Å². The van der Waals surface area contributed by atoms with E-state index in [-0.39, 0.29) is 19.0 Å². The second-order valence-electron chi connectivity index (χ2n) is 2.67. The van der Waals surface area contributed by atoms with E-state index in [4.69, 9.17) is 5.11 Å². The zero-order valence-corrected chi connectivity index (χ0v) is 8.56. The van der Waals surface area contributed by atoms with Gasteiger partial charge in [0.15, 0.2) is 0 Å². The number of carboxylic acids is 1.